The Bertz CT molecular complexity index is 443. The summed E-state index contributed by atoms with van der Waals surface area (Å²) >= 11 is 0. The molecule has 2 unspecified atom stereocenters. The summed E-state index contributed by atoms with van der Waals surface area (Å²) in [6, 6.07) is 0. The number of fused-ring (bicyclic) bond motifs is 1. The van der Waals surface area contributed by atoms with Gasteiger partial charge in [-0.2, -0.15) is 0 Å². The topological polar surface area (TPSA) is 38.3 Å². The molecule has 1 amide bonds. The van der Waals surface area contributed by atoms with Crippen LogP contribution in [-0.4, -0.2) is 19.6 Å². The van der Waals surface area contributed by atoms with Gasteiger partial charge < -0.3 is 10.1 Å². The molecule has 0 saturated heterocycles. The van der Waals surface area contributed by atoms with Crippen molar-refractivity contribution in [3.8, 4) is 0 Å². The molecule has 3 nitrogen and oxygen atoms in total. The highest BCUT2D eigenvalue weighted by Crippen LogP contribution is 2.34. The van der Waals surface area contributed by atoms with Crippen LogP contribution in [0.1, 0.15) is 13.3 Å². The van der Waals surface area contributed by atoms with Gasteiger partial charge in [-0.1, -0.05) is 24.3 Å². The molecular formula is C15H19NO2. The van der Waals surface area contributed by atoms with Crippen LogP contribution in [0.3, 0.4) is 0 Å². The largest absolute Gasteiger partial charge is 0.497 e. The van der Waals surface area contributed by atoms with Crippen LogP contribution in [0.4, 0.5) is 0 Å². The average molecular weight is 245 g/mol. The zero-order chi connectivity index (χ0) is 13.0. The van der Waals surface area contributed by atoms with E-state index in [1.807, 2.05) is 6.08 Å². The number of allylic oxidation sites excluding steroid dienone is 7. The van der Waals surface area contributed by atoms with Crippen LogP contribution in [0.15, 0.2) is 47.8 Å². The monoisotopic (exact) mass is 245 g/mol. The first-order valence-electron chi connectivity index (χ1n) is 6.27. The van der Waals surface area contributed by atoms with E-state index < -0.39 is 0 Å². The van der Waals surface area contributed by atoms with Gasteiger partial charge in [0.05, 0.1) is 7.11 Å². The molecule has 2 atom stereocenters. The molecule has 0 aromatic heterocycles. The van der Waals surface area contributed by atoms with E-state index in [4.69, 9.17) is 4.74 Å². The summed E-state index contributed by atoms with van der Waals surface area (Å²) in [7, 11) is 1.69. The second-order valence-electron chi connectivity index (χ2n) is 4.62. The Kier molecular flexibility index (Phi) is 4.03. The standard InChI is InChI=1S/C15H19NO2/c1-11(17)16-9-8-13-5-3-4-12-6-7-14(18-2)10-15(12)13/h3-7,10,13,15H,8-9H2,1-2H3,(H,16,17). The molecule has 96 valence electrons. The highest BCUT2D eigenvalue weighted by molar-refractivity contribution is 5.72. The number of carbonyl (C=O) groups excluding carboxylic acids is 1. The minimum Gasteiger partial charge on any atom is -0.497 e. The van der Waals surface area contributed by atoms with E-state index in [1.54, 1.807) is 14.0 Å². The molecule has 0 aromatic rings. The Morgan fingerprint density at radius 3 is 3.00 bits per heavy atom. The number of hydrogen-bond acceptors (Lipinski definition) is 2. The molecule has 0 aromatic carbocycles. The molecule has 0 saturated carbocycles. The highest BCUT2D eigenvalue weighted by atomic mass is 16.5. The number of amides is 1. The average Bonchev–Trinajstić information content (AvgIpc) is 2.38. The van der Waals surface area contributed by atoms with Gasteiger partial charge in [-0.05, 0) is 30.1 Å². The van der Waals surface area contributed by atoms with E-state index in [1.165, 1.54) is 5.57 Å². The zero-order valence-corrected chi connectivity index (χ0v) is 10.8. The van der Waals surface area contributed by atoms with E-state index >= 15 is 0 Å². The third kappa shape index (κ3) is 2.92. The normalized spacial score (nSPS) is 25.0. The van der Waals surface area contributed by atoms with Gasteiger partial charge in [0.25, 0.3) is 0 Å². The van der Waals surface area contributed by atoms with Gasteiger partial charge in [0.2, 0.25) is 5.91 Å². The molecule has 3 heteroatoms. The number of carbonyl (C=O) groups is 1. The van der Waals surface area contributed by atoms with Crippen molar-refractivity contribution in [2.45, 2.75) is 13.3 Å². The molecule has 18 heavy (non-hydrogen) atoms. The Morgan fingerprint density at radius 1 is 1.44 bits per heavy atom. The van der Waals surface area contributed by atoms with E-state index in [0.29, 0.717) is 18.4 Å². The maximum atomic E-state index is 10.9. The quantitative estimate of drug-likeness (QED) is 0.825. The predicted molar refractivity (Wildman–Crippen MR) is 71.7 cm³/mol. The summed E-state index contributed by atoms with van der Waals surface area (Å²) in [5.74, 6) is 1.73. The van der Waals surface area contributed by atoms with Crippen LogP contribution in [-0.2, 0) is 9.53 Å². The van der Waals surface area contributed by atoms with Crippen molar-refractivity contribution in [3.05, 3.63) is 47.8 Å². The van der Waals surface area contributed by atoms with Gasteiger partial charge in [-0.15, -0.1) is 0 Å². The van der Waals surface area contributed by atoms with Crippen LogP contribution in [0.5, 0.6) is 0 Å². The van der Waals surface area contributed by atoms with Crippen LogP contribution < -0.4 is 5.32 Å². The van der Waals surface area contributed by atoms with Crippen LogP contribution in [0.2, 0.25) is 0 Å². The fourth-order valence-electron chi connectivity index (χ4n) is 2.41. The van der Waals surface area contributed by atoms with Crippen molar-refractivity contribution in [2.24, 2.45) is 11.8 Å². The van der Waals surface area contributed by atoms with Gasteiger partial charge >= 0.3 is 0 Å². The molecule has 2 aliphatic rings. The lowest BCUT2D eigenvalue weighted by molar-refractivity contribution is -0.118. The minimum atomic E-state index is 0.0298. The molecule has 0 radical (unpaired) electrons. The van der Waals surface area contributed by atoms with E-state index in [9.17, 15) is 4.79 Å². The van der Waals surface area contributed by atoms with E-state index in [2.05, 4.69) is 35.7 Å². The lowest BCUT2D eigenvalue weighted by Crippen LogP contribution is -2.26. The second-order valence-corrected chi connectivity index (χ2v) is 4.62. The van der Waals surface area contributed by atoms with Crippen molar-refractivity contribution in [3.63, 3.8) is 0 Å². The summed E-state index contributed by atoms with van der Waals surface area (Å²) in [4.78, 5) is 10.9. The van der Waals surface area contributed by atoms with Crippen LogP contribution in [0, 0.1) is 11.8 Å². The Hall–Kier alpha value is -1.77. The predicted octanol–water partition coefficient (Wildman–Crippen LogP) is 2.34. The number of ether oxygens (including phenoxy) is 1. The first kappa shape index (κ1) is 12.7. The van der Waals surface area contributed by atoms with Gasteiger partial charge in [0, 0.05) is 19.4 Å². The van der Waals surface area contributed by atoms with Crippen LogP contribution in [0.25, 0.3) is 0 Å². The summed E-state index contributed by atoms with van der Waals surface area (Å²) in [5.41, 5.74) is 1.31. The highest BCUT2D eigenvalue weighted by Gasteiger charge is 2.24. The Labute approximate surface area is 108 Å². The minimum absolute atomic E-state index is 0.0298. The molecule has 2 aliphatic carbocycles. The second kappa shape index (κ2) is 5.71. The fourth-order valence-corrected chi connectivity index (χ4v) is 2.41. The van der Waals surface area contributed by atoms with Crippen molar-refractivity contribution in [2.75, 3.05) is 13.7 Å². The van der Waals surface area contributed by atoms with Gasteiger partial charge in [0.1, 0.15) is 5.76 Å². The molecule has 0 fully saturated rings. The first-order valence-corrected chi connectivity index (χ1v) is 6.27. The Morgan fingerprint density at radius 2 is 2.28 bits per heavy atom. The molecule has 0 heterocycles. The molecular weight excluding hydrogens is 226 g/mol. The number of nitrogens with one attached hydrogen (secondary N) is 1. The zero-order valence-electron chi connectivity index (χ0n) is 10.8. The first-order chi connectivity index (χ1) is 8.70. The van der Waals surface area contributed by atoms with Crippen LogP contribution >= 0.6 is 0 Å². The summed E-state index contributed by atoms with van der Waals surface area (Å²) in [6.07, 6.45) is 13.6. The lowest BCUT2D eigenvalue weighted by Gasteiger charge is -2.28. The van der Waals surface area contributed by atoms with Gasteiger partial charge in [0.15, 0.2) is 0 Å². The van der Waals surface area contributed by atoms with Gasteiger partial charge in [-0.25, -0.2) is 0 Å². The lowest BCUT2D eigenvalue weighted by atomic mass is 9.78. The number of methoxy groups -OCH3 is 1. The van der Waals surface area contributed by atoms with Crippen molar-refractivity contribution < 1.29 is 9.53 Å². The van der Waals surface area contributed by atoms with Crippen molar-refractivity contribution in [1.29, 1.82) is 0 Å². The van der Waals surface area contributed by atoms with E-state index in [0.717, 1.165) is 12.2 Å². The van der Waals surface area contributed by atoms with Crippen molar-refractivity contribution >= 4 is 5.91 Å². The number of hydrogen-bond donors (Lipinski definition) is 1. The maximum Gasteiger partial charge on any atom is 0.216 e. The van der Waals surface area contributed by atoms with E-state index in [-0.39, 0.29) is 5.91 Å². The fraction of sp³-hybridized carbons (Fsp3) is 0.400. The summed E-state index contributed by atoms with van der Waals surface area (Å²) < 4.78 is 5.28. The molecule has 0 aliphatic heterocycles. The molecule has 1 N–H and O–H groups in total. The Balaban J connectivity index is 2.02. The number of rotatable bonds is 4. The summed E-state index contributed by atoms with van der Waals surface area (Å²) in [5, 5.41) is 2.85. The third-order valence-electron chi connectivity index (χ3n) is 3.36. The SMILES string of the molecule is COC1=CC2C(=CC=CC2CCNC(C)=O)C=C1. The van der Waals surface area contributed by atoms with Gasteiger partial charge in [-0.3, -0.25) is 4.79 Å². The maximum absolute atomic E-state index is 10.9. The molecule has 2 rings (SSSR count). The summed E-state index contributed by atoms with van der Waals surface area (Å²) in [6.45, 7) is 2.27. The third-order valence-corrected chi connectivity index (χ3v) is 3.36. The molecule has 0 spiro atoms. The molecule has 0 bridgehead atoms. The van der Waals surface area contributed by atoms with Crippen molar-refractivity contribution in [1.82, 2.24) is 5.32 Å². The smallest absolute Gasteiger partial charge is 0.216 e.